The fourth-order valence-corrected chi connectivity index (χ4v) is 6.29. The minimum Gasteiger partial charge on any atom is -0.387 e. The van der Waals surface area contributed by atoms with E-state index in [9.17, 15) is 10.2 Å². The summed E-state index contributed by atoms with van der Waals surface area (Å²) in [5, 5.41) is 23.1. The highest BCUT2D eigenvalue weighted by Gasteiger charge is 2.52. The van der Waals surface area contributed by atoms with Gasteiger partial charge in [-0.05, 0) is 36.1 Å². The van der Waals surface area contributed by atoms with Crippen LogP contribution in [0.2, 0.25) is 0 Å². The van der Waals surface area contributed by atoms with Crippen molar-refractivity contribution in [3.05, 3.63) is 144 Å². The average Bonchev–Trinajstić information content (AvgIpc) is 3.12. The van der Waals surface area contributed by atoms with Crippen LogP contribution >= 0.6 is 0 Å². The summed E-state index contributed by atoms with van der Waals surface area (Å²) in [6.07, 6.45) is -8.71. The van der Waals surface area contributed by atoms with Crippen LogP contribution in [0, 0.1) is 0 Å². The Labute approximate surface area is 288 Å². The standard InChI is InChI=1S/C40H46O9/c1-27-34(43-23-29-15-7-3-8-16-29)33(41)36(45-25-31-19-11-5-12-20-31)40(48-27)49-37-35(44-24-30-17-9-4-10-18-30)28(2)47-39(42)38(37)46-26-32-21-13-6-14-22-32/h3-22,27-28,33-42H,23-26H2,1-2H3. The van der Waals surface area contributed by atoms with E-state index in [2.05, 4.69) is 0 Å². The Bertz CT molecular complexity index is 1450. The van der Waals surface area contributed by atoms with Gasteiger partial charge in [0.15, 0.2) is 12.6 Å². The summed E-state index contributed by atoms with van der Waals surface area (Å²) in [6.45, 7) is 4.67. The summed E-state index contributed by atoms with van der Waals surface area (Å²) in [5.41, 5.74) is 3.80. The van der Waals surface area contributed by atoms with E-state index in [0.29, 0.717) is 6.61 Å². The lowest BCUT2D eigenvalue weighted by molar-refractivity contribution is -0.365. The van der Waals surface area contributed by atoms with E-state index in [1.807, 2.05) is 135 Å². The van der Waals surface area contributed by atoms with Gasteiger partial charge in [-0.3, -0.25) is 0 Å². The first-order chi connectivity index (χ1) is 24.0. The molecule has 0 radical (unpaired) electrons. The van der Waals surface area contributed by atoms with E-state index in [-0.39, 0.29) is 19.8 Å². The smallest absolute Gasteiger partial charge is 0.187 e. The molecule has 0 spiro atoms. The first-order valence-corrected chi connectivity index (χ1v) is 16.9. The number of hydrogen-bond acceptors (Lipinski definition) is 9. The van der Waals surface area contributed by atoms with E-state index in [1.165, 1.54) is 0 Å². The number of aliphatic hydroxyl groups is 2. The van der Waals surface area contributed by atoms with Crippen molar-refractivity contribution in [3.63, 3.8) is 0 Å². The highest BCUT2D eigenvalue weighted by atomic mass is 16.7. The minimum atomic E-state index is -1.31. The fourth-order valence-electron chi connectivity index (χ4n) is 6.29. The van der Waals surface area contributed by atoms with Crippen molar-refractivity contribution in [1.29, 1.82) is 0 Å². The predicted octanol–water partition coefficient (Wildman–Crippen LogP) is 5.56. The molecule has 9 nitrogen and oxygen atoms in total. The van der Waals surface area contributed by atoms with Crippen LogP contribution in [0.3, 0.4) is 0 Å². The molecule has 4 aromatic carbocycles. The van der Waals surface area contributed by atoms with Gasteiger partial charge in [0, 0.05) is 0 Å². The van der Waals surface area contributed by atoms with E-state index in [1.54, 1.807) is 0 Å². The summed E-state index contributed by atoms with van der Waals surface area (Å²) in [6, 6.07) is 39.0. The molecule has 2 saturated heterocycles. The van der Waals surface area contributed by atoms with Crippen LogP contribution in [0.15, 0.2) is 121 Å². The maximum Gasteiger partial charge on any atom is 0.187 e. The molecule has 9 heteroatoms. The molecular weight excluding hydrogens is 624 g/mol. The molecular formula is C40H46O9. The van der Waals surface area contributed by atoms with Gasteiger partial charge in [-0.2, -0.15) is 0 Å². The second-order valence-corrected chi connectivity index (χ2v) is 12.6. The monoisotopic (exact) mass is 670 g/mol. The number of ether oxygens (including phenoxy) is 7. The van der Waals surface area contributed by atoms with Crippen molar-refractivity contribution in [2.75, 3.05) is 0 Å². The summed E-state index contributed by atoms with van der Waals surface area (Å²) in [7, 11) is 0. The van der Waals surface area contributed by atoms with E-state index in [0.717, 1.165) is 22.3 Å². The number of hydrogen-bond donors (Lipinski definition) is 2. The van der Waals surface area contributed by atoms with Crippen LogP contribution in [0.5, 0.6) is 0 Å². The van der Waals surface area contributed by atoms with Crippen LogP contribution in [-0.4, -0.2) is 71.6 Å². The highest BCUT2D eigenvalue weighted by Crippen LogP contribution is 2.34. The second-order valence-electron chi connectivity index (χ2n) is 12.6. The third-order valence-electron chi connectivity index (χ3n) is 8.93. The molecule has 0 aliphatic carbocycles. The summed E-state index contributed by atoms with van der Waals surface area (Å²) < 4.78 is 44.7. The molecule has 2 fully saturated rings. The van der Waals surface area contributed by atoms with Crippen LogP contribution in [0.4, 0.5) is 0 Å². The third-order valence-corrected chi connectivity index (χ3v) is 8.93. The van der Waals surface area contributed by atoms with E-state index in [4.69, 9.17) is 33.2 Å². The molecule has 4 aromatic rings. The van der Waals surface area contributed by atoms with Crippen LogP contribution < -0.4 is 0 Å². The van der Waals surface area contributed by atoms with Crippen molar-refractivity contribution in [3.8, 4) is 0 Å². The molecule has 10 atom stereocenters. The van der Waals surface area contributed by atoms with Gasteiger partial charge < -0.3 is 43.4 Å². The van der Waals surface area contributed by atoms with Crippen molar-refractivity contribution in [2.24, 2.45) is 0 Å². The Balaban J connectivity index is 1.26. The van der Waals surface area contributed by atoms with Crippen molar-refractivity contribution < 1.29 is 43.4 Å². The van der Waals surface area contributed by atoms with Crippen LogP contribution in [0.25, 0.3) is 0 Å². The number of benzene rings is 4. The maximum absolute atomic E-state index is 11.8. The molecule has 2 N–H and O–H groups in total. The van der Waals surface area contributed by atoms with Crippen molar-refractivity contribution in [2.45, 2.75) is 102 Å². The Hall–Kier alpha value is -3.48. The van der Waals surface area contributed by atoms with Gasteiger partial charge in [0.05, 0.1) is 38.6 Å². The van der Waals surface area contributed by atoms with Gasteiger partial charge in [0.1, 0.15) is 36.6 Å². The van der Waals surface area contributed by atoms with Crippen molar-refractivity contribution >= 4 is 0 Å². The van der Waals surface area contributed by atoms with Gasteiger partial charge in [0.2, 0.25) is 0 Å². The quantitative estimate of drug-likeness (QED) is 0.179. The lowest BCUT2D eigenvalue weighted by Crippen LogP contribution is -2.64. The first-order valence-electron chi connectivity index (χ1n) is 16.9. The highest BCUT2D eigenvalue weighted by molar-refractivity contribution is 5.16. The van der Waals surface area contributed by atoms with E-state index >= 15 is 0 Å². The maximum atomic E-state index is 11.8. The molecule has 0 saturated carbocycles. The van der Waals surface area contributed by atoms with Gasteiger partial charge in [-0.1, -0.05) is 121 Å². The third kappa shape index (κ3) is 9.40. The Morgan fingerprint density at radius 3 is 1.27 bits per heavy atom. The van der Waals surface area contributed by atoms with E-state index < -0.39 is 61.4 Å². The average molecular weight is 671 g/mol. The minimum absolute atomic E-state index is 0.208. The molecule has 260 valence electrons. The number of aliphatic hydroxyl groups excluding tert-OH is 2. The zero-order valence-corrected chi connectivity index (χ0v) is 27.9. The summed E-state index contributed by atoms with van der Waals surface area (Å²) >= 11 is 0. The zero-order chi connectivity index (χ0) is 34.0. The molecule has 0 bridgehead atoms. The fraction of sp³-hybridized carbons (Fsp3) is 0.400. The summed E-state index contributed by atoms with van der Waals surface area (Å²) in [4.78, 5) is 0. The van der Waals surface area contributed by atoms with Crippen molar-refractivity contribution in [1.82, 2.24) is 0 Å². The topological polar surface area (TPSA) is 105 Å². The molecule has 2 aliphatic rings. The van der Waals surface area contributed by atoms with Gasteiger partial charge in [0.25, 0.3) is 0 Å². The molecule has 0 amide bonds. The second kappa shape index (κ2) is 17.4. The van der Waals surface area contributed by atoms with Gasteiger partial charge in [-0.15, -0.1) is 0 Å². The normalized spacial score (nSPS) is 30.2. The lowest BCUT2D eigenvalue weighted by Gasteiger charge is -2.48. The van der Waals surface area contributed by atoms with Gasteiger partial charge in [-0.25, -0.2) is 0 Å². The largest absolute Gasteiger partial charge is 0.387 e. The van der Waals surface area contributed by atoms with Crippen LogP contribution in [0.1, 0.15) is 36.1 Å². The Morgan fingerprint density at radius 1 is 0.449 bits per heavy atom. The Kier molecular flexibility index (Phi) is 12.6. The molecule has 0 aromatic heterocycles. The molecule has 49 heavy (non-hydrogen) atoms. The number of rotatable bonds is 14. The Morgan fingerprint density at radius 2 is 0.816 bits per heavy atom. The molecule has 2 aliphatic heterocycles. The predicted molar refractivity (Wildman–Crippen MR) is 182 cm³/mol. The zero-order valence-electron chi connectivity index (χ0n) is 27.9. The first kappa shape index (κ1) is 35.3. The summed E-state index contributed by atoms with van der Waals surface area (Å²) in [5.74, 6) is 0. The molecule has 2 heterocycles. The SMILES string of the molecule is CC1OC(OC2C(OCc3ccccc3)C(C)OC(O)C2OCc2ccccc2)C(OCc2ccccc2)C(O)C1OCc1ccccc1. The lowest BCUT2D eigenvalue weighted by atomic mass is 9.96. The van der Waals surface area contributed by atoms with Crippen LogP contribution in [-0.2, 0) is 59.6 Å². The molecule has 6 rings (SSSR count). The van der Waals surface area contributed by atoms with Gasteiger partial charge >= 0.3 is 0 Å². The molecule has 10 unspecified atom stereocenters.